The molecule has 4 aromatic rings. The van der Waals surface area contributed by atoms with E-state index in [-0.39, 0.29) is 5.91 Å². The second-order valence-corrected chi connectivity index (χ2v) is 6.99. The quantitative estimate of drug-likeness (QED) is 0.527. The van der Waals surface area contributed by atoms with Crippen LogP contribution in [-0.4, -0.2) is 34.5 Å². The van der Waals surface area contributed by atoms with Crippen LogP contribution in [0.4, 0.5) is 0 Å². The van der Waals surface area contributed by atoms with Crippen LogP contribution < -0.4 is 0 Å². The maximum atomic E-state index is 12.3. The van der Waals surface area contributed by atoms with E-state index in [1.54, 1.807) is 18.1 Å². The zero-order valence-electron chi connectivity index (χ0n) is 14.5. The van der Waals surface area contributed by atoms with Gasteiger partial charge in [0, 0.05) is 13.6 Å². The Kier molecular flexibility index (Phi) is 4.26. The number of amides is 1. The Balaban J connectivity index is 1.70. The zero-order chi connectivity index (χ0) is 18.1. The Morgan fingerprint density at radius 3 is 2.73 bits per heavy atom. The number of thiazole rings is 1. The van der Waals surface area contributed by atoms with Crippen molar-refractivity contribution in [3.8, 4) is 21.8 Å². The Morgan fingerprint density at radius 1 is 1.15 bits per heavy atom. The summed E-state index contributed by atoms with van der Waals surface area (Å²) in [5.41, 5.74) is 3.57. The molecule has 2 aromatic carbocycles. The van der Waals surface area contributed by atoms with E-state index in [1.165, 1.54) is 11.3 Å². The third kappa shape index (κ3) is 2.88. The molecule has 4 rings (SSSR count). The first-order valence-corrected chi connectivity index (χ1v) is 9.15. The number of carbonyl (C=O) groups excluding carboxylic acids is 1. The van der Waals surface area contributed by atoms with Crippen molar-refractivity contribution in [3.05, 3.63) is 59.6 Å². The molecular formula is C20H17N3O2S. The van der Waals surface area contributed by atoms with Gasteiger partial charge in [-0.3, -0.25) is 4.79 Å². The lowest BCUT2D eigenvalue weighted by atomic mass is 10.0. The molecular weight excluding hydrogens is 346 g/mol. The van der Waals surface area contributed by atoms with Crippen molar-refractivity contribution in [2.75, 3.05) is 13.6 Å². The maximum Gasteiger partial charge on any atom is 0.265 e. The molecule has 1 amide bonds. The maximum absolute atomic E-state index is 12.3. The van der Waals surface area contributed by atoms with Gasteiger partial charge in [-0.15, -0.1) is 11.3 Å². The number of aromatic nitrogens is 2. The number of benzene rings is 2. The van der Waals surface area contributed by atoms with Gasteiger partial charge in [0.1, 0.15) is 15.6 Å². The van der Waals surface area contributed by atoms with E-state index < -0.39 is 0 Å². The van der Waals surface area contributed by atoms with Gasteiger partial charge in [0.15, 0.2) is 5.58 Å². The molecule has 0 aliphatic carbocycles. The van der Waals surface area contributed by atoms with Crippen LogP contribution in [-0.2, 0) is 0 Å². The van der Waals surface area contributed by atoms with Gasteiger partial charge >= 0.3 is 0 Å². The van der Waals surface area contributed by atoms with E-state index in [0.717, 1.165) is 16.5 Å². The molecule has 6 heteroatoms. The summed E-state index contributed by atoms with van der Waals surface area (Å²) in [6.45, 7) is 2.59. The summed E-state index contributed by atoms with van der Waals surface area (Å²) in [5.74, 6) is -0.0320. The van der Waals surface area contributed by atoms with Crippen LogP contribution in [0.5, 0.6) is 0 Å². The molecule has 2 aromatic heterocycles. The number of carbonyl (C=O) groups is 1. The summed E-state index contributed by atoms with van der Waals surface area (Å²) >= 11 is 1.33. The van der Waals surface area contributed by atoms with Gasteiger partial charge in [0.05, 0.1) is 11.6 Å². The summed E-state index contributed by atoms with van der Waals surface area (Å²) in [6, 6.07) is 16.1. The van der Waals surface area contributed by atoms with Gasteiger partial charge in [-0.2, -0.15) is 0 Å². The van der Waals surface area contributed by atoms with E-state index in [0.29, 0.717) is 27.7 Å². The zero-order valence-corrected chi connectivity index (χ0v) is 15.3. The monoisotopic (exact) mass is 363 g/mol. The van der Waals surface area contributed by atoms with Crippen molar-refractivity contribution in [2.24, 2.45) is 0 Å². The third-order valence-corrected chi connectivity index (χ3v) is 5.31. The van der Waals surface area contributed by atoms with Gasteiger partial charge < -0.3 is 9.42 Å². The highest BCUT2D eigenvalue weighted by atomic mass is 32.1. The number of hydrogen-bond acceptors (Lipinski definition) is 5. The minimum Gasteiger partial charge on any atom is -0.356 e. The van der Waals surface area contributed by atoms with Gasteiger partial charge in [-0.1, -0.05) is 41.6 Å². The van der Waals surface area contributed by atoms with Gasteiger partial charge in [-0.05, 0) is 30.2 Å². The first-order chi connectivity index (χ1) is 12.7. The fourth-order valence-electron chi connectivity index (χ4n) is 2.72. The van der Waals surface area contributed by atoms with Crippen LogP contribution in [0.2, 0.25) is 0 Å². The second-order valence-electron chi connectivity index (χ2n) is 5.96. The Hall–Kier alpha value is -2.99. The third-order valence-electron chi connectivity index (χ3n) is 4.32. The normalized spacial score (nSPS) is 11.0. The van der Waals surface area contributed by atoms with E-state index in [4.69, 9.17) is 4.52 Å². The van der Waals surface area contributed by atoms with Crippen LogP contribution in [0.15, 0.2) is 59.3 Å². The predicted octanol–water partition coefficient (Wildman–Crippen LogP) is 4.71. The molecule has 0 aliphatic rings. The van der Waals surface area contributed by atoms with Crippen molar-refractivity contribution in [1.29, 1.82) is 0 Å². The first-order valence-electron chi connectivity index (χ1n) is 8.34. The average molecular weight is 363 g/mol. The molecule has 0 unspecified atom stereocenters. The van der Waals surface area contributed by atoms with Crippen molar-refractivity contribution >= 4 is 28.2 Å². The van der Waals surface area contributed by atoms with Crippen LogP contribution in [0.1, 0.15) is 16.6 Å². The Bertz CT molecular complexity index is 1070. The first kappa shape index (κ1) is 16.5. The molecule has 130 valence electrons. The number of rotatable bonds is 4. The smallest absolute Gasteiger partial charge is 0.265 e. The minimum atomic E-state index is -0.0320. The molecule has 0 saturated carbocycles. The van der Waals surface area contributed by atoms with Crippen LogP contribution in [0, 0.1) is 0 Å². The molecule has 5 nitrogen and oxygen atoms in total. The van der Waals surface area contributed by atoms with E-state index >= 15 is 0 Å². The molecule has 0 N–H and O–H groups in total. The molecule has 0 fully saturated rings. The van der Waals surface area contributed by atoms with Crippen molar-refractivity contribution in [1.82, 2.24) is 15.0 Å². The molecule has 2 heterocycles. The fraction of sp³-hybridized carbons (Fsp3) is 0.150. The highest BCUT2D eigenvalue weighted by Gasteiger charge is 2.18. The molecule has 0 atom stereocenters. The van der Waals surface area contributed by atoms with E-state index in [1.807, 2.05) is 43.3 Å². The molecule has 26 heavy (non-hydrogen) atoms. The van der Waals surface area contributed by atoms with Crippen molar-refractivity contribution in [2.45, 2.75) is 6.92 Å². The van der Waals surface area contributed by atoms with Crippen molar-refractivity contribution < 1.29 is 9.32 Å². The molecule has 0 spiro atoms. The largest absolute Gasteiger partial charge is 0.356 e. The van der Waals surface area contributed by atoms with Gasteiger partial charge in [-0.25, -0.2) is 4.98 Å². The Morgan fingerprint density at radius 2 is 1.96 bits per heavy atom. The SMILES string of the molecule is CCN(C)C(=O)c1cnc(-c2noc3cc(-c4ccccc4)ccc23)s1. The van der Waals surface area contributed by atoms with Crippen molar-refractivity contribution in [3.63, 3.8) is 0 Å². The minimum absolute atomic E-state index is 0.0320. The van der Waals surface area contributed by atoms with Crippen LogP contribution >= 0.6 is 11.3 Å². The fourth-order valence-corrected chi connectivity index (χ4v) is 3.62. The van der Waals surface area contributed by atoms with Crippen LogP contribution in [0.25, 0.3) is 32.8 Å². The lowest BCUT2D eigenvalue weighted by Gasteiger charge is -2.11. The summed E-state index contributed by atoms with van der Waals surface area (Å²) in [6.07, 6.45) is 1.60. The Labute approximate surface area is 154 Å². The lowest BCUT2D eigenvalue weighted by Crippen LogP contribution is -2.25. The highest BCUT2D eigenvalue weighted by molar-refractivity contribution is 7.17. The lowest BCUT2D eigenvalue weighted by molar-refractivity contribution is 0.0807. The molecule has 0 saturated heterocycles. The van der Waals surface area contributed by atoms with Gasteiger partial charge in [0.2, 0.25) is 0 Å². The number of fused-ring (bicyclic) bond motifs is 1. The summed E-state index contributed by atoms with van der Waals surface area (Å²) < 4.78 is 5.53. The van der Waals surface area contributed by atoms with E-state index in [9.17, 15) is 4.79 Å². The average Bonchev–Trinajstić information content (AvgIpc) is 3.33. The summed E-state index contributed by atoms with van der Waals surface area (Å²) in [4.78, 5) is 18.9. The number of nitrogens with zero attached hydrogens (tertiary/aromatic N) is 3. The van der Waals surface area contributed by atoms with Crippen LogP contribution in [0.3, 0.4) is 0 Å². The summed E-state index contributed by atoms with van der Waals surface area (Å²) in [5, 5.41) is 5.76. The predicted molar refractivity (Wildman–Crippen MR) is 103 cm³/mol. The molecule has 0 radical (unpaired) electrons. The number of hydrogen-bond donors (Lipinski definition) is 0. The second kappa shape index (κ2) is 6.72. The summed E-state index contributed by atoms with van der Waals surface area (Å²) in [7, 11) is 1.78. The topological polar surface area (TPSA) is 59.2 Å². The highest BCUT2D eigenvalue weighted by Crippen LogP contribution is 2.33. The van der Waals surface area contributed by atoms with E-state index in [2.05, 4.69) is 22.3 Å². The van der Waals surface area contributed by atoms with Gasteiger partial charge in [0.25, 0.3) is 5.91 Å². The standard InChI is InChI=1S/C20H17N3O2S/c1-3-23(2)20(24)17-12-21-19(26-17)18-15-10-9-14(11-16(15)25-22-18)13-7-5-4-6-8-13/h4-12H,3H2,1-2H3. The molecule has 0 aliphatic heterocycles. The molecule has 0 bridgehead atoms.